The monoisotopic (exact) mass is 575 g/mol. The van der Waals surface area contributed by atoms with E-state index in [1.54, 1.807) is 36.8 Å². The highest BCUT2D eigenvalue weighted by Crippen LogP contribution is 2.46. The fourth-order valence-electron chi connectivity index (χ4n) is 5.44. The summed E-state index contributed by atoms with van der Waals surface area (Å²) in [5, 5.41) is 9.59. The Balaban J connectivity index is 1.60. The molecule has 1 amide bonds. The third kappa shape index (κ3) is 4.67. The van der Waals surface area contributed by atoms with Crippen molar-refractivity contribution in [3.05, 3.63) is 53.9 Å². The number of aromatic nitrogens is 4. The first-order valence-electron chi connectivity index (χ1n) is 13.3. The van der Waals surface area contributed by atoms with E-state index in [-0.39, 0.29) is 18.1 Å². The fourth-order valence-corrected chi connectivity index (χ4v) is 6.55. The molecular formula is C30H33N5O5S. The molecule has 214 valence electrons. The Bertz CT molecular complexity index is 1620. The van der Waals surface area contributed by atoms with Gasteiger partial charge in [0.1, 0.15) is 29.6 Å². The first-order valence-corrected chi connectivity index (χ1v) is 14.5. The van der Waals surface area contributed by atoms with E-state index in [1.807, 2.05) is 60.2 Å². The molecule has 41 heavy (non-hydrogen) atoms. The van der Waals surface area contributed by atoms with E-state index in [4.69, 9.17) is 24.0 Å². The topological polar surface area (TPSA) is 92.9 Å². The summed E-state index contributed by atoms with van der Waals surface area (Å²) < 4.78 is 26.7. The second kappa shape index (κ2) is 10.4. The predicted molar refractivity (Wildman–Crippen MR) is 158 cm³/mol. The van der Waals surface area contributed by atoms with Gasteiger partial charge in [-0.15, -0.1) is 0 Å². The van der Waals surface area contributed by atoms with E-state index in [2.05, 4.69) is 18.9 Å². The highest BCUT2D eigenvalue weighted by molar-refractivity contribution is 7.99. The third-order valence-electron chi connectivity index (χ3n) is 7.58. The van der Waals surface area contributed by atoms with Gasteiger partial charge in [-0.25, -0.2) is 4.68 Å². The summed E-state index contributed by atoms with van der Waals surface area (Å²) in [5.41, 5.74) is 4.64. The van der Waals surface area contributed by atoms with E-state index in [0.29, 0.717) is 40.9 Å². The van der Waals surface area contributed by atoms with E-state index < -0.39 is 0 Å². The smallest absolute Gasteiger partial charge is 0.275 e. The quantitative estimate of drug-likeness (QED) is 0.323. The average Bonchev–Trinajstić information content (AvgIpc) is 3.59. The molecule has 0 aliphatic carbocycles. The van der Waals surface area contributed by atoms with Crippen LogP contribution in [0.1, 0.15) is 29.9 Å². The number of amides is 1. The molecule has 6 rings (SSSR count). The first kappa shape index (κ1) is 27.1. The number of hydrogen-bond acceptors (Lipinski definition) is 8. The van der Waals surface area contributed by atoms with Gasteiger partial charge < -0.3 is 23.8 Å². The Kier molecular flexibility index (Phi) is 6.85. The van der Waals surface area contributed by atoms with Crippen LogP contribution in [-0.2, 0) is 13.7 Å². The second-order valence-electron chi connectivity index (χ2n) is 10.7. The number of nitrogens with zero attached hydrogens (tertiary/aromatic N) is 5. The number of fused-ring (bicyclic) bond motifs is 3. The Morgan fingerprint density at radius 1 is 1.00 bits per heavy atom. The van der Waals surface area contributed by atoms with E-state index in [9.17, 15) is 4.79 Å². The summed E-state index contributed by atoms with van der Waals surface area (Å²) in [6.45, 7) is 5.05. The summed E-state index contributed by atoms with van der Waals surface area (Å²) in [5.74, 6) is 4.15. The second-order valence-corrected chi connectivity index (χ2v) is 11.8. The number of hydrogen-bond donors (Lipinski definition) is 0. The van der Waals surface area contributed by atoms with Crippen molar-refractivity contribution in [2.45, 2.75) is 26.0 Å². The van der Waals surface area contributed by atoms with Crippen LogP contribution in [0.25, 0.3) is 28.2 Å². The van der Waals surface area contributed by atoms with Gasteiger partial charge in [0.05, 0.1) is 38.4 Å². The van der Waals surface area contributed by atoms with Crippen LogP contribution in [0, 0.1) is 0 Å². The van der Waals surface area contributed by atoms with E-state index in [0.717, 1.165) is 39.6 Å². The van der Waals surface area contributed by atoms with Gasteiger partial charge in [0.25, 0.3) is 5.91 Å². The lowest BCUT2D eigenvalue weighted by molar-refractivity contribution is 0.0588. The van der Waals surface area contributed by atoms with Gasteiger partial charge in [0.15, 0.2) is 5.69 Å². The normalized spacial score (nSPS) is 15.5. The molecule has 2 aromatic heterocycles. The zero-order chi connectivity index (χ0) is 28.9. The van der Waals surface area contributed by atoms with Gasteiger partial charge in [-0.2, -0.15) is 22.0 Å². The molecule has 0 unspecified atom stereocenters. The highest BCUT2D eigenvalue weighted by atomic mass is 32.2. The van der Waals surface area contributed by atoms with Gasteiger partial charge >= 0.3 is 0 Å². The SMILES string of the molecule is COc1cc(OC)cc(-n2nc(C(=O)N3CCSCC3(C)C)c3c2-c2cc(-c4ccn(C)n4)c(OC)cc2OC3)c1. The summed E-state index contributed by atoms with van der Waals surface area (Å²) in [4.78, 5) is 16.1. The van der Waals surface area contributed by atoms with Gasteiger partial charge in [0.2, 0.25) is 0 Å². The molecule has 10 nitrogen and oxygen atoms in total. The number of methoxy groups -OCH3 is 3. The van der Waals surface area contributed by atoms with Crippen LogP contribution >= 0.6 is 11.8 Å². The maximum Gasteiger partial charge on any atom is 0.275 e. The van der Waals surface area contributed by atoms with E-state index in [1.165, 1.54) is 0 Å². The van der Waals surface area contributed by atoms with Gasteiger partial charge in [-0.1, -0.05) is 0 Å². The van der Waals surface area contributed by atoms with Crippen molar-refractivity contribution in [1.82, 2.24) is 24.5 Å². The molecule has 0 atom stereocenters. The first-order chi connectivity index (χ1) is 19.7. The van der Waals surface area contributed by atoms with Crippen molar-refractivity contribution in [2.75, 3.05) is 39.4 Å². The third-order valence-corrected chi connectivity index (χ3v) is 8.96. The number of rotatable bonds is 6. The van der Waals surface area contributed by atoms with Crippen LogP contribution in [0.5, 0.6) is 23.0 Å². The summed E-state index contributed by atoms with van der Waals surface area (Å²) >= 11 is 1.86. The maximum absolute atomic E-state index is 14.2. The predicted octanol–water partition coefficient (Wildman–Crippen LogP) is 4.83. The largest absolute Gasteiger partial charge is 0.497 e. The molecule has 0 saturated carbocycles. The zero-order valence-electron chi connectivity index (χ0n) is 24.1. The van der Waals surface area contributed by atoms with Crippen LogP contribution in [0.2, 0.25) is 0 Å². The van der Waals surface area contributed by atoms with Crippen molar-refractivity contribution in [2.24, 2.45) is 7.05 Å². The van der Waals surface area contributed by atoms with Gasteiger partial charge in [-0.05, 0) is 26.0 Å². The average molecular weight is 576 g/mol. The highest BCUT2D eigenvalue weighted by Gasteiger charge is 2.39. The standard InChI is InChI=1S/C30H33N5O5S/c1-30(2)17-41-10-9-34(30)29(36)27-23-16-40-26-15-25(39-6)21(24-7-8-33(3)31-24)14-22(26)28(23)35(32-27)18-11-19(37-4)13-20(12-18)38-5/h7-8,11-15H,9-10,16-17H2,1-6H3. The Morgan fingerprint density at radius 2 is 1.76 bits per heavy atom. The van der Waals surface area contributed by atoms with E-state index >= 15 is 0 Å². The Labute approximate surface area is 243 Å². The minimum Gasteiger partial charge on any atom is -0.497 e. The van der Waals surface area contributed by atoms with Crippen molar-refractivity contribution >= 4 is 17.7 Å². The molecule has 2 aliphatic heterocycles. The minimum atomic E-state index is -0.303. The fraction of sp³-hybridized carbons (Fsp3) is 0.367. The number of aryl methyl sites for hydroxylation is 1. The molecule has 4 heterocycles. The Morgan fingerprint density at radius 3 is 2.39 bits per heavy atom. The van der Waals surface area contributed by atoms with Gasteiger partial charge in [-0.3, -0.25) is 9.48 Å². The van der Waals surface area contributed by atoms with Crippen LogP contribution < -0.4 is 18.9 Å². The summed E-state index contributed by atoms with van der Waals surface area (Å²) in [7, 11) is 6.72. The number of carbonyl (C=O) groups is 1. The molecule has 0 spiro atoms. The van der Waals surface area contributed by atoms with Crippen molar-refractivity contribution in [3.63, 3.8) is 0 Å². The van der Waals surface area contributed by atoms with Crippen molar-refractivity contribution in [3.8, 4) is 51.2 Å². The van der Waals surface area contributed by atoms with Gasteiger partial charge in [0, 0.05) is 77.8 Å². The lowest BCUT2D eigenvalue weighted by Crippen LogP contribution is -2.53. The summed E-state index contributed by atoms with van der Waals surface area (Å²) in [6.07, 6.45) is 1.89. The summed E-state index contributed by atoms with van der Waals surface area (Å²) in [6, 6.07) is 11.4. The molecule has 0 radical (unpaired) electrons. The Hall–Kier alpha value is -4.12. The lowest BCUT2D eigenvalue weighted by atomic mass is 9.97. The van der Waals surface area contributed by atoms with Crippen molar-refractivity contribution in [1.29, 1.82) is 0 Å². The molecule has 1 saturated heterocycles. The molecule has 2 aliphatic rings. The number of thioether (sulfide) groups is 1. The zero-order valence-corrected chi connectivity index (χ0v) is 24.9. The number of carbonyl (C=O) groups excluding carboxylic acids is 1. The van der Waals surface area contributed by atoms with Crippen LogP contribution in [-0.4, -0.2) is 75.3 Å². The lowest BCUT2D eigenvalue weighted by Gasteiger charge is -2.41. The molecule has 11 heteroatoms. The number of ether oxygens (including phenoxy) is 4. The van der Waals surface area contributed by atoms with Crippen LogP contribution in [0.4, 0.5) is 0 Å². The molecule has 0 N–H and O–H groups in total. The maximum atomic E-state index is 14.2. The molecule has 2 aromatic carbocycles. The molecule has 1 fully saturated rings. The van der Waals surface area contributed by atoms with Crippen LogP contribution in [0.3, 0.4) is 0 Å². The van der Waals surface area contributed by atoms with Crippen molar-refractivity contribution < 1.29 is 23.7 Å². The minimum absolute atomic E-state index is 0.106. The molecule has 0 bridgehead atoms. The van der Waals surface area contributed by atoms with Crippen LogP contribution in [0.15, 0.2) is 42.6 Å². The number of benzene rings is 2. The molecular weight excluding hydrogens is 542 g/mol. The molecule has 4 aromatic rings.